The van der Waals surface area contributed by atoms with E-state index in [-0.39, 0.29) is 36.7 Å². The molecule has 2 N–H and O–H groups in total. The smallest absolute Gasteiger partial charge is 0.235 e. The molecule has 0 saturated carbocycles. The van der Waals surface area contributed by atoms with Crippen molar-refractivity contribution in [1.29, 1.82) is 0 Å². The zero-order valence-electron chi connectivity index (χ0n) is 11.4. The van der Waals surface area contributed by atoms with Gasteiger partial charge in [0.25, 0.3) is 0 Å². The van der Waals surface area contributed by atoms with Crippen LogP contribution in [0.25, 0.3) is 0 Å². The summed E-state index contributed by atoms with van der Waals surface area (Å²) in [6.45, 7) is 6.69. The molecule has 0 aromatic heterocycles. The number of halogens is 1. The number of carbonyl (C=O) groups excluding carboxylic acids is 1. The van der Waals surface area contributed by atoms with Crippen LogP contribution in [0.15, 0.2) is 0 Å². The van der Waals surface area contributed by atoms with Crippen molar-refractivity contribution in [3.8, 4) is 0 Å². The third kappa shape index (κ3) is 7.86. The highest BCUT2D eigenvalue weighted by Gasteiger charge is 2.18. The molecule has 0 bridgehead atoms. The van der Waals surface area contributed by atoms with E-state index in [1.165, 1.54) is 7.05 Å². The second kappa shape index (κ2) is 9.55. The van der Waals surface area contributed by atoms with E-state index in [0.29, 0.717) is 6.54 Å². The molecule has 6 nitrogen and oxygen atoms in total. The predicted molar refractivity (Wildman–Crippen MR) is 75.5 cm³/mol. The monoisotopic (exact) mass is 301 g/mol. The summed E-state index contributed by atoms with van der Waals surface area (Å²) in [5.74, 6) is -0.279. The standard InChI is InChI=1S/C10H23N3O3S.ClH/c1-5-11-9(3)7-12-10(14)8-13(4)17(15,16)6-2;/h9,11H,5-8H2,1-4H3,(H,12,14);1H/t9-;/m1./s1. The predicted octanol–water partition coefficient (Wildman–Crippen LogP) is -0.196. The molecular formula is C10H24ClN3O3S. The molecular weight excluding hydrogens is 278 g/mol. The minimum Gasteiger partial charge on any atom is -0.353 e. The van der Waals surface area contributed by atoms with Crippen LogP contribution in [0.4, 0.5) is 0 Å². The number of likely N-dealkylation sites (N-methyl/N-ethyl adjacent to an activating group) is 2. The Kier molecular flexibility index (Phi) is 10.6. The summed E-state index contributed by atoms with van der Waals surface area (Å²) < 4.78 is 23.9. The van der Waals surface area contributed by atoms with Crippen LogP contribution in [0.1, 0.15) is 20.8 Å². The highest BCUT2D eigenvalue weighted by atomic mass is 35.5. The summed E-state index contributed by atoms with van der Waals surface area (Å²) in [6, 6.07) is 0.178. The molecule has 18 heavy (non-hydrogen) atoms. The lowest BCUT2D eigenvalue weighted by Crippen LogP contribution is -2.43. The fourth-order valence-electron chi connectivity index (χ4n) is 1.26. The van der Waals surface area contributed by atoms with Gasteiger partial charge in [0.05, 0.1) is 12.3 Å². The average Bonchev–Trinajstić information content (AvgIpc) is 2.26. The van der Waals surface area contributed by atoms with Gasteiger partial charge in [0.15, 0.2) is 0 Å². The third-order valence-corrected chi connectivity index (χ3v) is 4.17. The Hall–Kier alpha value is -0.370. The van der Waals surface area contributed by atoms with E-state index in [1.54, 1.807) is 6.92 Å². The van der Waals surface area contributed by atoms with Gasteiger partial charge in [-0.1, -0.05) is 6.92 Å². The van der Waals surface area contributed by atoms with Crippen LogP contribution in [0, 0.1) is 0 Å². The molecule has 0 spiro atoms. The quantitative estimate of drug-likeness (QED) is 0.651. The van der Waals surface area contributed by atoms with Gasteiger partial charge < -0.3 is 10.6 Å². The lowest BCUT2D eigenvalue weighted by Gasteiger charge is -2.17. The Bertz CT molecular complexity index is 335. The average molecular weight is 302 g/mol. The van der Waals surface area contributed by atoms with Crippen LogP contribution < -0.4 is 10.6 Å². The first-order valence-corrected chi connectivity index (χ1v) is 7.38. The zero-order chi connectivity index (χ0) is 13.5. The van der Waals surface area contributed by atoms with Crippen molar-refractivity contribution in [2.24, 2.45) is 0 Å². The molecule has 0 aliphatic rings. The number of carbonyl (C=O) groups is 1. The Morgan fingerprint density at radius 2 is 1.89 bits per heavy atom. The fourth-order valence-corrected chi connectivity index (χ4v) is 2.02. The van der Waals surface area contributed by atoms with Gasteiger partial charge >= 0.3 is 0 Å². The summed E-state index contributed by atoms with van der Waals surface area (Å²) in [5, 5.41) is 5.84. The third-order valence-electron chi connectivity index (χ3n) is 2.36. The molecule has 0 heterocycles. The summed E-state index contributed by atoms with van der Waals surface area (Å²) in [7, 11) is -1.88. The molecule has 1 atom stereocenters. The van der Waals surface area contributed by atoms with E-state index in [4.69, 9.17) is 0 Å². The molecule has 0 aliphatic heterocycles. The zero-order valence-corrected chi connectivity index (χ0v) is 13.0. The molecule has 0 unspecified atom stereocenters. The van der Waals surface area contributed by atoms with Gasteiger partial charge in [0, 0.05) is 19.6 Å². The highest BCUT2D eigenvalue weighted by molar-refractivity contribution is 7.89. The molecule has 0 rings (SSSR count). The van der Waals surface area contributed by atoms with E-state index >= 15 is 0 Å². The van der Waals surface area contributed by atoms with Gasteiger partial charge in [0.2, 0.25) is 15.9 Å². The van der Waals surface area contributed by atoms with Gasteiger partial charge in [0.1, 0.15) is 0 Å². The van der Waals surface area contributed by atoms with Crippen LogP contribution in [0.5, 0.6) is 0 Å². The molecule has 110 valence electrons. The number of hydrogen-bond acceptors (Lipinski definition) is 4. The summed E-state index contributed by atoms with van der Waals surface area (Å²) in [6.07, 6.45) is 0. The van der Waals surface area contributed by atoms with Crippen molar-refractivity contribution >= 4 is 28.3 Å². The van der Waals surface area contributed by atoms with E-state index in [0.717, 1.165) is 10.8 Å². The van der Waals surface area contributed by atoms with Gasteiger partial charge in [-0.2, -0.15) is 4.31 Å². The Balaban J connectivity index is 0. The lowest BCUT2D eigenvalue weighted by atomic mass is 10.3. The number of nitrogens with zero attached hydrogens (tertiary/aromatic N) is 1. The van der Waals surface area contributed by atoms with Crippen LogP contribution >= 0.6 is 12.4 Å². The first-order valence-electron chi connectivity index (χ1n) is 5.77. The van der Waals surface area contributed by atoms with Crippen molar-refractivity contribution in [2.75, 3.05) is 32.4 Å². The second-order valence-electron chi connectivity index (χ2n) is 3.92. The molecule has 1 amide bonds. The highest BCUT2D eigenvalue weighted by Crippen LogP contribution is 1.96. The van der Waals surface area contributed by atoms with E-state index < -0.39 is 10.0 Å². The number of hydrogen-bond donors (Lipinski definition) is 2. The van der Waals surface area contributed by atoms with Crippen molar-refractivity contribution < 1.29 is 13.2 Å². The maximum atomic E-state index is 11.5. The Morgan fingerprint density at radius 3 is 2.33 bits per heavy atom. The largest absolute Gasteiger partial charge is 0.353 e. The first kappa shape index (κ1) is 20.0. The van der Waals surface area contributed by atoms with E-state index in [9.17, 15) is 13.2 Å². The summed E-state index contributed by atoms with van der Waals surface area (Å²) in [5.41, 5.74) is 0. The SMILES string of the molecule is CCN[C@H](C)CNC(=O)CN(C)S(=O)(=O)CC.Cl. The molecule has 0 aromatic rings. The maximum Gasteiger partial charge on any atom is 0.235 e. The molecule has 0 radical (unpaired) electrons. The maximum absolute atomic E-state index is 11.5. The van der Waals surface area contributed by atoms with Gasteiger partial charge in [-0.05, 0) is 20.4 Å². The van der Waals surface area contributed by atoms with Crippen molar-refractivity contribution in [1.82, 2.24) is 14.9 Å². The molecule has 0 saturated heterocycles. The lowest BCUT2D eigenvalue weighted by molar-refractivity contribution is -0.121. The number of amides is 1. The van der Waals surface area contributed by atoms with Crippen LogP contribution in [-0.2, 0) is 14.8 Å². The Labute approximate surface area is 116 Å². The summed E-state index contributed by atoms with van der Waals surface area (Å²) >= 11 is 0. The minimum absolute atomic E-state index is 0. The first-order chi connectivity index (χ1) is 7.83. The topological polar surface area (TPSA) is 78.5 Å². The van der Waals surface area contributed by atoms with Crippen LogP contribution in [0.2, 0.25) is 0 Å². The normalized spacial score (nSPS) is 12.9. The Morgan fingerprint density at radius 1 is 1.33 bits per heavy atom. The van der Waals surface area contributed by atoms with Crippen molar-refractivity contribution in [3.05, 3.63) is 0 Å². The molecule has 8 heteroatoms. The van der Waals surface area contributed by atoms with Gasteiger partial charge in [-0.25, -0.2) is 8.42 Å². The number of sulfonamides is 1. The van der Waals surface area contributed by atoms with Gasteiger partial charge in [-0.3, -0.25) is 4.79 Å². The summed E-state index contributed by atoms with van der Waals surface area (Å²) in [4.78, 5) is 11.5. The van der Waals surface area contributed by atoms with Gasteiger partial charge in [-0.15, -0.1) is 12.4 Å². The number of nitrogens with one attached hydrogen (secondary N) is 2. The van der Waals surface area contributed by atoms with Crippen LogP contribution in [0.3, 0.4) is 0 Å². The minimum atomic E-state index is -3.29. The fraction of sp³-hybridized carbons (Fsp3) is 0.900. The molecule has 0 aliphatic carbocycles. The van der Waals surface area contributed by atoms with E-state index in [1.807, 2.05) is 13.8 Å². The molecule has 0 aromatic carbocycles. The van der Waals surface area contributed by atoms with Crippen LogP contribution in [-0.4, -0.2) is 57.1 Å². The second-order valence-corrected chi connectivity index (χ2v) is 6.28. The van der Waals surface area contributed by atoms with Crippen molar-refractivity contribution in [2.45, 2.75) is 26.8 Å². The molecule has 0 fully saturated rings. The van der Waals surface area contributed by atoms with Crippen molar-refractivity contribution in [3.63, 3.8) is 0 Å². The van der Waals surface area contributed by atoms with E-state index in [2.05, 4.69) is 10.6 Å². The number of rotatable bonds is 8.